The molecule has 2 fully saturated rings. The molecule has 2 aromatic heterocycles. The highest BCUT2D eigenvalue weighted by molar-refractivity contribution is 5.99. The number of fused-ring (bicyclic) bond motifs is 1. The summed E-state index contributed by atoms with van der Waals surface area (Å²) >= 11 is 0. The van der Waals surface area contributed by atoms with Crippen LogP contribution in [-0.4, -0.2) is 87.1 Å². The standard InChI is InChI=1S/C38H47N7O3/c1-43-24-31(23-41-43)30-21-33(37(39)40-22-30)38(47)42-34-5-3-7-36(34)48-25-26-8-10-27(11-9-26)28-12-13-32-29(20-28)4-2-6-35(32)45-16-14-44(15-17-45)18-19-46/h8-13,20-24,34-36,46H,2-7,14-19,25H2,1H3,(H2,39,40)(H,42,47)/t34-,35-,36-/m0/s1. The molecular formula is C38H47N7O3. The van der Waals surface area contributed by atoms with Gasteiger partial charge < -0.3 is 20.9 Å². The summed E-state index contributed by atoms with van der Waals surface area (Å²) in [4.78, 5) is 22.6. The van der Waals surface area contributed by atoms with Gasteiger partial charge in [-0.3, -0.25) is 19.3 Å². The Bertz CT molecular complexity index is 1710. The molecule has 0 unspecified atom stereocenters. The van der Waals surface area contributed by atoms with Gasteiger partial charge in [0.1, 0.15) is 5.82 Å². The Morgan fingerprint density at radius 3 is 2.54 bits per heavy atom. The van der Waals surface area contributed by atoms with Gasteiger partial charge in [-0.05, 0) is 72.4 Å². The lowest BCUT2D eigenvalue weighted by atomic mass is 9.84. The van der Waals surface area contributed by atoms with Crippen molar-refractivity contribution in [3.05, 3.63) is 89.4 Å². The fourth-order valence-corrected chi connectivity index (χ4v) is 7.71. The molecule has 10 heteroatoms. The Labute approximate surface area is 282 Å². The highest BCUT2D eigenvalue weighted by atomic mass is 16.5. The predicted octanol–water partition coefficient (Wildman–Crippen LogP) is 4.59. The summed E-state index contributed by atoms with van der Waals surface area (Å²) in [5.41, 5.74) is 14.7. The van der Waals surface area contributed by atoms with E-state index >= 15 is 0 Å². The maximum atomic E-state index is 13.3. The number of pyridine rings is 1. The van der Waals surface area contributed by atoms with Crippen molar-refractivity contribution < 1.29 is 14.6 Å². The van der Waals surface area contributed by atoms with Crippen LogP contribution in [0.25, 0.3) is 22.3 Å². The molecule has 4 aromatic rings. The minimum Gasteiger partial charge on any atom is -0.395 e. The maximum absolute atomic E-state index is 13.3. The number of carbonyl (C=O) groups excluding carboxylic acids is 1. The van der Waals surface area contributed by atoms with Crippen molar-refractivity contribution >= 4 is 11.7 Å². The molecule has 2 aromatic carbocycles. The van der Waals surface area contributed by atoms with E-state index in [0.29, 0.717) is 18.2 Å². The molecule has 4 N–H and O–H groups in total. The quantitative estimate of drug-likeness (QED) is 0.228. The number of piperazine rings is 1. The first kappa shape index (κ1) is 32.5. The topological polar surface area (TPSA) is 122 Å². The molecular weight excluding hydrogens is 602 g/mol. The average molecular weight is 650 g/mol. The highest BCUT2D eigenvalue weighted by Crippen LogP contribution is 2.37. The van der Waals surface area contributed by atoms with E-state index in [1.165, 1.54) is 35.1 Å². The lowest BCUT2D eigenvalue weighted by Gasteiger charge is -2.41. The van der Waals surface area contributed by atoms with Crippen molar-refractivity contribution in [3.8, 4) is 22.3 Å². The molecule has 0 radical (unpaired) electrons. The monoisotopic (exact) mass is 649 g/mol. The fourth-order valence-electron chi connectivity index (χ4n) is 7.71. The molecule has 3 atom stereocenters. The van der Waals surface area contributed by atoms with E-state index < -0.39 is 0 Å². The van der Waals surface area contributed by atoms with Crippen molar-refractivity contribution in [2.24, 2.45) is 7.05 Å². The van der Waals surface area contributed by atoms with E-state index in [0.717, 1.165) is 75.1 Å². The van der Waals surface area contributed by atoms with Crippen molar-refractivity contribution in [2.45, 2.75) is 63.3 Å². The molecule has 10 nitrogen and oxygen atoms in total. The zero-order chi connectivity index (χ0) is 33.0. The second-order valence-corrected chi connectivity index (χ2v) is 13.5. The number of amides is 1. The zero-order valence-corrected chi connectivity index (χ0v) is 27.9. The Kier molecular flexibility index (Phi) is 9.86. The van der Waals surface area contributed by atoms with Crippen LogP contribution in [0.1, 0.15) is 65.2 Å². The number of nitrogens with two attached hydrogens (primary N) is 1. The number of carbonyl (C=O) groups is 1. The van der Waals surface area contributed by atoms with Gasteiger partial charge in [-0.25, -0.2) is 4.98 Å². The minimum atomic E-state index is -0.229. The first-order valence-corrected chi connectivity index (χ1v) is 17.4. The van der Waals surface area contributed by atoms with Crippen molar-refractivity contribution in [3.63, 3.8) is 0 Å². The number of aromatic nitrogens is 3. The van der Waals surface area contributed by atoms with Gasteiger partial charge in [-0.1, -0.05) is 42.5 Å². The highest BCUT2D eigenvalue weighted by Gasteiger charge is 2.31. The Balaban J connectivity index is 0.950. The van der Waals surface area contributed by atoms with E-state index in [4.69, 9.17) is 10.5 Å². The summed E-state index contributed by atoms with van der Waals surface area (Å²) < 4.78 is 8.10. The summed E-state index contributed by atoms with van der Waals surface area (Å²) in [6.07, 6.45) is 11.6. The summed E-state index contributed by atoms with van der Waals surface area (Å²) in [6.45, 7) is 5.71. The summed E-state index contributed by atoms with van der Waals surface area (Å²) in [5.74, 6) is -0.0182. The number of β-amino-alcohol motifs (C(OH)–C–C–N with tert-alkyl or cyclic N) is 1. The number of nitrogen functional groups attached to an aromatic ring is 1. The normalized spacial score (nSPS) is 21.7. The third kappa shape index (κ3) is 7.17. The van der Waals surface area contributed by atoms with Crippen LogP contribution in [0, 0.1) is 0 Å². The Morgan fingerprint density at radius 1 is 0.958 bits per heavy atom. The lowest BCUT2D eigenvalue weighted by molar-refractivity contribution is 0.0272. The summed E-state index contributed by atoms with van der Waals surface area (Å²) in [6, 6.07) is 17.9. The number of ether oxygens (including phenoxy) is 1. The van der Waals surface area contributed by atoms with Gasteiger partial charge in [0.2, 0.25) is 0 Å². The van der Waals surface area contributed by atoms with Gasteiger partial charge in [0.15, 0.2) is 0 Å². The number of aryl methyl sites for hydroxylation is 2. The van der Waals surface area contributed by atoms with Crippen molar-refractivity contribution in [1.29, 1.82) is 0 Å². The Hall–Kier alpha value is -4.09. The molecule has 3 heterocycles. The smallest absolute Gasteiger partial charge is 0.255 e. The number of hydrogen-bond donors (Lipinski definition) is 3. The van der Waals surface area contributed by atoms with E-state index in [1.807, 2.05) is 13.2 Å². The number of aliphatic hydroxyl groups is 1. The number of benzene rings is 2. The van der Waals surface area contributed by atoms with Crippen LogP contribution in [0.15, 0.2) is 67.1 Å². The van der Waals surface area contributed by atoms with Crippen LogP contribution < -0.4 is 11.1 Å². The lowest BCUT2D eigenvalue weighted by Crippen LogP contribution is -2.48. The second kappa shape index (κ2) is 14.6. The molecule has 1 amide bonds. The third-order valence-electron chi connectivity index (χ3n) is 10.4. The second-order valence-electron chi connectivity index (χ2n) is 13.5. The van der Waals surface area contributed by atoms with Gasteiger partial charge >= 0.3 is 0 Å². The first-order valence-electron chi connectivity index (χ1n) is 17.4. The van der Waals surface area contributed by atoms with E-state index in [2.05, 4.69) is 67.7 Å². The predicted molar refractivity (Wildman–Crippen MR) is 187 cm³/mol. The SMILES string of the molecule is Cn1cc(-c2cnc(N)c(C(=O)N[C@H]3CCC[C@@H]3OCc3ccc(-c4ccc5c(c4)CCC[C@@H]5N4CCN(CCO)CC4)cc3)c2)cn1. The summed E-state index contributed by atoms with van der Waals surface area (Å²) in [7, 11) is 1.85. The van der Waals surface area contributed by atoms with Crippen LogP contribution >= 0.6 is 0 Å². The molecule has 2 aliphatic carbocycles. The van der Waals surface area contributed by atoms with Crippen molar-refractivity contribution in [2.75, 3.05) is 45.1 Å². The molecule has 3 aliphatic rings. The summed E-state index contributed by atoms with van der Waals surface area (Å²) in [5, 5.41) is 16.7. The fraction of sp³-hybridized carbons (Fsp3) is 0.447. The van der Waals surface area contributed by atoms with Crippen LogP contribution in [0.5, 0.6) is 0 Å². The molecule has 7 rings (SSSR count). The number of nitrogens with zero attached hydrogens (tertiary/aromatic N) is 5. The molecule has 0 bridgehead atoms. The van der Waals surface area contributed by atoms with Gasteiger partial charge in [-0.15, -0.1) is 0 Å². The third-order valence-corrected chi connectivity index (χ3v) is 10.4. The van der Waals surface area contributed by atoms with Crippen LogP contribution in [0.4, 0.5) is 5.82 Å². The van der Waals surface area contributed by atoms with Crippen LogP contribution in [0.3, 0.4) is 0 Å². The van der Waals surface area contributed by atoms with Crippen LogP contribution in [0.2, 0.25) is 0 Å². The first-order chi connectivity index (χ1) is 23.4. The van der Waals surface area contributed by atoms with Crippen molar-refractivity contribution in [1.82, 2.24) is 29.9 Å². The van der Waals surface area contributed by atoms with Gasteiger partial charge in [-0.2, -0.15) is 5.10 Å². The minimum absolute atomic E-state index is 0.0597. The van der Waals surface area contributed by atoms with Gasteiger partial charge in [0, 0.05) is 69.3 Å². The van der Waals surface area contributed by atoms with Gasteiger partial charge in [0.05, 0.1) is 37.1 Å². The van der Waals surface area contributed by atoms with E-state index in [9.17, 15) is 9.90 Å². The molecule has 252 valence electrons. The number of aliphatic hydroxyl groups excluding tert-OH is 1. The number of nitrogens with one attached hydrogen (secondary N) is 1. The number of rotatable bonds is 10. The molecule has 0 spiro atoms. The Morgan fingerprint density at radius 2 is 1.77 bits per heavy atom. The van der Waals surface area contributed by atoms with E-state index in [-0.39, 0.29) is 30.5 Å². The zero-order valence-electron chi connectivity index (χ0n) is 27.9. The number of hydrogen-bond acceptors (Lipinski definition) is 8. The van der Waals surface area contributed by atoms with Crippen LogP contribution in [-0.2, 0) is 24.8 Å². The molecule has 1 saturated carbocycles. The largest absolute Gasteiger partial charge is 0.395 e. The number of anilines is 1. The average Bonchev–Trinajstić information content (AvgIpc) is 3.76. The maximum Gasteiger partial charge on any atom is 0.255 e. The molecule has 48 heavy (non-hydrogen) atoms. The molecule has 1 saturated heterocycles. The molecule has 1 aliphatic heterocycles. The van der Waals surface area contributed by atoms with E-state index in [1.54, 1.807) is 23.1 Å². The van der Waals surface area contributed by atoms with Gasteiger partial charge in [0.25, 0.3) is 5.91 Å².